The lowest BCUT2D eigenvalue weighted by Gasteiger charge is -2.32. The molecule has 6 rings (SSSR count). The summed E-state index contributed by atoms with van der Waals surface area (Å²) in [5.41, 5.74) is 4.41. The predicted molar refractivity (Wildman–Crippen MR) is 152 cm³/mol. The van der Waals surface area contributed by atoms with Gasteiger partial charge in [0, 0.05) is 31.7 Å². The highest BCUT2D eigenvalue weighted by molar-refractivity contribution is 5.77. The minimum absolute atomic E-state index is 0.272. The summed E-state index contributed by atoms with van der Waals surface area (Å²) in [6, 6.07) is 15.6. The summed E-state index contributed by atoms with van der Waals surface area (Å²) >= 11 is 0. The third kappa shape index (κ3) is 5.59. The number of ether oxygens (including phenoxy) is 4. The average Bonchev–Trinajstić information content (AvgIpc) is 3.53. The van der Waals surface area contributed by atoms with Gasteiger partial charge >= 0.3 is 0 Å². The Kier molecular flexibility index (Phi) is 8.13. The van der Waals surface area contributed by atoms with Crippen molar-refractivity contribution in [3.05, 3.63) is 88.7 Å². The number of rotatable bonds is 10. The summed E-state index contributed by atoms with van der Waals surface area (Å²) in [4.78, 5) is 7.37. The smallest absolute Gasteiger partial charge is 0.275 e. The molecular formula is C32H35F2N3O5. The Hall–Kier alpha value is -3.57. The number of para-hydroxylation sites is 1. The Morgan fingerprint density at radius 1 is 1.05 bits per heavy atom. The summed E-state index contributed by atoms with van der Waals surface area (Å²) in [5, 5.41) is 9.02. The molecule has 10 heteroatoms. The molecule has 3 heterocycles. The third-order valence-corrected chi connectivity index (χ3v) is 8.22. The van der Waals surface area contributed by atoms with Crippen LogP contribution in [0.3, 0.4) is 0 Å². The van der Waals surface area contributed by atoms with Gasteiger partial charge in [-0.25, -0.2) is 13.8 Å². The van der Waals surface area contributed by atoms with Gasteiger partial charge in [-0.05, 0) is 73.8 Å². The fraction of sp³-hybridized carbons (Fsp3) is 0.406. The fourth-order valence-corrected chi connectivity index (χ4v) is 5.99. The normalized spacial score (nSPS) is 19.2. The van der Waals surface area contributed by atoms with E-state index in [0.717, 1.165) is 66.0 Å². The van der Waals surface area contributed by atoms with Gasteiger partial charge < -0.3 is 28.6 Å². The Morgan fingerprint density at radius 3 is 2.64 bits per heavy atom. The van der Waals surface area contributed by atoms with Crippen molar-refractivity contribution in [1.82, 2.24) is 14.5 Å². The second kappa shape index (κ2) is 12.0. The number of methoxy groups -OCH3 is 1. The van der Waals surface area contributed by atoms with E-state index in [0.29, 0.717) is 43.4 Å². The van der Waals surface area contributed by atoms with Crippen LogP contribution in [-0.4, -0.2) is 53.2 Å². The number of imidazole rings is 1. The fourth-order valence-electron chi connectivity index (χ4n) is 5.99. The Morgan fingerprint density at radius 2 is 1.88 bits per heavy atom. The van der Waals surface area contributed by atoms with E-state index in [2.05, 4.69) is 21.6 Å². The lowest BCUT2D eigenvalue weighted by Crippen LogP contribution is -2.34. The molecule has 0 bridgehead atoms. The zero-order chi connectivity index (χ0) is 29.3. The zero-order valence-electron chi connectivity index (χ0n) is 23.8. The molecule has 1 saturated heterocycles. The highest BCUT2D eigenvalue weighted by atomic mass is 19.2. The van der Waals surface area contributed by atoms with Crippen LogP contribution in [0.1, 0.15) is 48.2 Å². The van der Waals surface area contributed by atoms with Crippen LogP contribution in [0.2, 0.25) is 0 Å². The largest absolute Gasteiger partial charge is 0.445 e. The van der Waals surface area contributed by atoms with E-state index in [1.165, 1.54) is 6.07 Å². The minimum Gasteiger partial charge on any atom is -0.445 e. The van der Waals surface area contributed by atoms with Crippen molar-refractivity contribution in [2.75, 3.05) is 33.6 Å². The van der Waals surface area contributed by atoms with Gasteiger partial charge in [-0.3, -0.25) is 4.90 Å². The molecule has 0 radical (unpaired) electrons. The zero-order valence-corrected chi connectivity index (χ0v) is 23.8. The number of halogens is 2. The first-order valence-electron chi connectivity index (χ1n) is 14.2. The standard InChI is InChI=1S/C32H35F2N3O5/c1-32(23-7-8-25(33)26(34)17-23)41-29-5-3-4-24(31(29)42-32)22-10-12-36(13-11-22)18-30-35-27-9-6-21(19-40-20-38)16-28(27)37(30)14-15-39-2/h3-9,16-17,22,38H,10-15,18-20H2,1-2H3. The van der Waals surface area contributed by atoms with Crippen LogP contribution in [0.4, 0.5) is 8.78 Å². The molecule has 0 amide bonds. The van der Waals surface area contributed by atoms with Crippen LogP contribution in [0.25, 0.3) is 11.0 Å². The van der Waals surface area contributed by atoms with Crippen molar-refractivity contribution in [1.29, 1.82) is 0 Å². The maximum absolute atomic E-state index is 14.0. The van der Waals surface area contributed by atoms with Crippen LogP contribution in [0.15, 0.2) is 54.6 Å². The number of aliphatic hydroxyl groups is 1. The number of hydrogen-bond acceptors (Lipinski definition) is 7. The molecule has 0 saturated carbocycles. The van der Waals surface area contributed by atoms with Gasteiger partial charge in [-0.2, -0.15) is 0 Å². The summed E-state index contributed by atoms with van der Waals surface area (Å²) < 4.78 is 52.8. The quantitative estimate of drug-likeness (QED) is 0.250. The molecule has 2 aliphatic heterocycles. The van der Waals surface area contributed by atoms with E-state index < -0.39 is 17.4 Å². The van der Waals surface area contributed by atoms with Crippen LogP contribution >= 0.6 is 0 Å². The van der Waals surface area contributed by atoms with Crippen LogP contribution in [0.5, 0.6) is 11.5 Å². The van der Waals surface area contributed by atoms with E-state index in [1.54, 1.807) is 14.0 Å². The number of fused-ring (bicyclic) bond motifs is 2. The predicted octanol–water partition coefficient (Wildman–Crippen LogP) is 5.45. The number of aliphatic hydroxyl groups excluding tert-OH is 1. The number of likely N-dealkylation sites (tertiary alicyclic amines) is 1. The van der Waals surface area contributed by atoms with Crippen molar-refractivity contribution < 1.29 is 32.8 Å². The van der Waals surface area contributed by atoms with Crippen molar-refractivity contribution >= 4 is 11.0 Å². The van der Waals surface area contributed by atoms with Gasteiger partial charge in [0.25, 0.3) is 5.79 Å². The Balaban J connectivity index is 1.16. The molecule has 4 aromatic rings. The maximum Gasteiger partial charge on any atom is 0.275 e. The molecule has 1 N–H and O–H groups in total. The van der Waals surface area contributed by atoms with Gasteiger partial charge in [0.15, 0.2) is 23.1 Å². The molecule has 222 valence electrons. The van der Waals surface area contributed by atoms with E-state index in [4.69, 9.17) is 29.0 Å². The topological polar surface area (TPSA) is 78.2 Å². The molecule has 1 unspecified atom stereocenters. The second-order valence-electron chi connectivity index (χ2n) is 11.0. The Labute approximate surface area is 243 Å². The van der Waals surface area contributed by atoms with E-state index >= 15 is 0 Å². The average molecular weight is 580 g/mol. The highest BCUT2D eigenvalue weighted by Gasteiger charge is 2.41. The molecule has 0 spiro atoms. The summed E-state index contributed by atoms with van der Waals surface area (Å²) in [6.07, 6.45) is 1.87. The Bertz CT molecular complexity index is 1570. The molecule has 8 nitrogen and oxygen atoms in total. The molecular weight excluding hydrogens is 544 g/mol. The van der Waals surface area contributed by atoms with E-state index in [1.807, 2.05) is 24.3 Å². The van der Waals surface area contributed by atoms with Crippen LogP contribution < -0.4 is 9.47 Å². The summed E-state index contributed by atoms with van der Waals surface area (Å²) in [5.74, 6) is -0.538. The lowest BCUT2D eigenvalue weighted by molar-refractivity contribution is -0.0688. The number of nitrogens with zero attached hydrogens (tertiary/aromatic N) is 3. The van der Waals surface area contributed by atoms with Crippen LogP contribution in [-0.2, 0) is 35.0 Å². The maximum atomic E-state index is 14.0. The lowest BCUT2D eigenvalue weighted by atomic mass is 9.88. The second-order valence-corrected chi connectivity index (χ2v) is 11.0. The minimum atomic E-state index is -1.24. The first kappa shape index (κ1) is 28.5. The third-order valence-electron chi connectivity index (χ3n) is 8.22. The molecule has 1 aromatic heterocycles. The molecule has 3 aromatic carbocycles. The molecule has 42 heavy (non-hydrogen) atoms. The summed E-state index contributed by atoms with van der Waals surface area (Å²) in [7, 11) is 1.69. The summed E-state index contributed by atoms with van der Waals surface area (Å²) in [6.45, 7) is 5.50. The monoisotopic (exact) mass is 579 g/mol. The molecule has 0 aliphatic carbocycles. The molecule has 1 atom stereocenters. The first-order chi connectivity index (χ1) is 20.4. The highest BCUT2D eigenvalue weighted by Crippen LogP contribution is 2.49. The van der Waals surface area contributed by atoms with E-state index in [-0.39, 0.29) is 12.7 Å². The number of benzene rings is 3. The van der Waals surface area contributed by atoms with E-state index in [9.17, 15) is 8.78 Å². The van der Waals surface area contributed by atoms with Crippen LogP contribution in [0, 0.1) is 11.6 Å². The SMILES string of the molecule is COCCn1c(CN2CCC(c3cccc4c3OC(C)(c3ccc(F)c(F)c3)O4)CC2)nc2ccc(COCO)cc21. The number of hydrogen-bond donors (Lipinski definition) is 1. The van der Waals surface area contributed by atoms with Crippen molar-refractivity contribution in [2.24, 2.45) is 0 Å². The number of piperidine rings is 1. The van der Waals surface area contributed by atoms with Crippen molar-refractivity contribution in [3.8, 4) is 11.5 Å². The van der Waals surface area contributed by atoms with Crippen molar-refractivity contribution in [2.45, 2.75) is 51.2 Å². The molecule has 1 fully saturated rings. The molecule has 2 aliphatic rings. The van der Waals surface area contributed by atoms with Gasteiger partial charge in [0.1, 0.15) is 12.6 Å². The first-order valence-corrected chi connectivity index (χ1v) is 14.2. The van der Waals surface area contributed by atoms with Gasteiger partial charge in [-0.1, -0.05) is 18.2 Å². The van der Waals surface area contributed by atoms with Gasteiger partial charge in [0.05, 0.1) is 30.8 Å². The van der Waals surface area contributed by atoms with Crippen molar-refractivity contribution in [3.63, 3.8) is 0 Å². The number of aromatic nitrogens is 2. The van der Waals surface area contributed by atoms with Gasteiger partial charge in [-0.15, -0.1) is 0 Å². The van der Waals surface area contributed by atoms with Gasteiger partial charge in [0.2, 0.25) is 0 Å².